The highest BCUT2D eigenvalue weighted by Crippen LogP contribution is 2.49. The van der Waals surface area contributed by atoms with Crippen molar-refractivity contribution in [3.8, 4) is 0 Å². The number of nitrogens with one attached hydrogen (secondary N) is 1. The maximum Gasteiger partial charge on any atom is 0.306 e. The van der Waals surface area contributed by atoms with E-state index in [-0.39, 0.29) is 17.6 Å². The molecule has 4 nitrogen and oxygen atoms in total. The lowest BCUT2D eigenvalue weighted by molar-refractivity contribution is -0.148. The molecule has 0 spiro atoms. The predicted octanol–water partition coefficient (Wildman–Crippen LogP) is 4.30. The Morgan fingerprint density at radius 2 is 2.04 bits per heavy atom. The third-order valence-electron chi connectivity index (χ3n) is 4.90. The van der Waals surface area contributed by atoms with E-state index >= 15 is 0 Å². The van der Waals surface area contributed by atoms with E-state index in [1.807, 2.05) is 0 Å². The van der Waals surface area contributed by atoms with Gasteiger partial charge < -0.3 is 10.1 Å². The highest BCUT2D eigenvalue weighted by atomic mass is 35.5. The van der Waals surface area contributed by atoms with Crippen LogP contribution in [0.1, 0.15) is 32.1 Å². The fraction of sp³-hybridized carbons (Fsp3) is 0.529. The number of fused-ring (bicyclic) bond motifs is 2. The van der Waals surface area contributed by atoms with E-state index in [4.69, 9.17) is 27.9 Å². The van der Waals surface area contributed by atoms with E-state index in [1.165, 1.54) is 19.3 Å². The Bertz CT molecular complexity index is 620. The van der Waals surface area contributed by atoms with Gasteiger partial charge in [0.2, 0.25) is 0 Å². The highest BCUT2D eigenvalue weighted by Gasteiger charge is 2.40. The number of anilines is 1. The number of amides is 1. The van der Waals surface area contributed by atoms with Gasteiger partial charge in [-0.05, 0) is 49.1 Å². The van der Waals surface area contributed by atoms with Crippen molar-refractivity contribution in [2.24, 2.45) is 17.8 Å². The van der Waals surface area contributed by atoms with Crippen LogP contribution < -0.4 is 5.32 Å². The fourth-order valence-electron chi connectivity index (χ4n) is 3.83. The number of hydrogen-bond acceptors (Lipinski definition) is 3. The summed E-state index contributed by atoms with van der Waals surface area (Å²) >= 11 is 11.9. The Balaban J connectivity index is 1.43. The summed E-state index contributed by atoms with van der Waals surface area (Å²) in [6, 6.07) is 4.96. The second kappa shape index (κ2) is 7.10. The molecule has 124 valence electrons. The summed E-state index contributed by atoms with van der Waals surface area (Å²) in [5, 5.41) is 3.23. The van der Waals surface area contributed by atoms with E-state index in [1.54, 1.807) is 18.2 Å². The summed E-state index contributed by atoms with van der Waals surface area (Å²) in [7, 11) is 0. The van der Waals surface area contributed by atoms with Crippen molar-refractivity contribution in [1.82, 2.24) is 0 Å². The zero-order chi connectivity index (χ0) is 16.4. The third kappa shape index (κ3) is 3.99. The van der Waals surface area contributed by atoms with Gasteiger partial charge in [0.15, 0.2) is 6.61 Å². The van der Waals surface area contributed by atoms with Crippen molar-refractivity contribution < 1.29 is 14.3 Å². The van der Waals surface area contributed by atoms with Crippen LogP contribution in [0.2, 0.25) is 10.0 Å². The summed E-state index contributed by atoms with van der Waals surface area (Å²) in [6.07, 6.45) is 5.34. The Labute approximate surface area is 145 Å². The molecule has 0 radical (unpaired) electrons. The van der Waals surface area contributed by atoms with Crippen molar-refractivity contribution in [2.45, 2.75) is 32.1 Å². The van der Waals surface area contributed by atoms with E-state index in [0.717, 1.165) is 12.3 Å². The average Bonchev–Trinajstić information content (AvgIpc) is 3.12. The monoisotopic (exact) mass is 355 g/mol. The molecule has 2 bridgehead atoms. The minimum Gasteiger partial charge on any atom is -0.456 e. The SMILES string of the molecule is O=C(COC(=O)C[C@H]1C[C@@H]2CC[C@@H]1C2)Nc1cccc(Cl)c1Cl. The molecule has 2 aliphatic carbocycles. The quantitative estimate of drug-likeness (QED) is 0.801. The Morgan fingerprint density at radius 3 is 2.74 bits per heavy atom. The lowest BCUT2D eigenvalue weighted by Crippen LogP contribution is -2.23. The number of esters is 1. The first-order chi connectivity index (χ1) is 11.0. The normalized spacial score (nSPS) is 25.4. The van der Waals surface area contributed by atoms with Gasteiger partial charge in [0.05, 0.1) is 15.7 Å². The number of rotatable bonds is 5. The number of halogens is 2. The van der Waals surface area contributed by atoms with Crippen LogP contribution in [0.4, 0.5) is 5.69 Å². The van der Waals surface area contributed by atoms with E-state index in [0.29, 0.717) is 29.0 Å². The molecule has 2 aliphatic rings. The van der Waals surface area contributed by atoms with Crippen molar-refractivity contribution in [1.29, 1.82) is 0 Å². The van der Waals surface area contributed by atoms with Crippen molar-refractivity contribution in [3.63, 3.8) is 0 Å². The maximum absolute atomic E-state index is 11.9. The molecule has 2 fully saturated rings. The molecule has 1 aromatic carbocycles. The standard InChI is InChI=1S/C17H19Cl2NO3/c18-13-2-1-3-14(17(13)19)20-15(21)9-23-16(22)8-12-7-10-4-5-11(12)6-10/h1-3,10-12H,4-9H2,(H,20,21)/t10-,11-,12-/m1/s1. The van der Waals surface area contributed by atoms with Gasteiger partial charge in [0.25, 0.3) is 5.91 Å². The second-order valence-electron chi connectivity index (χ2n) is 6.45. The van der Waals surface area contributed by atoms with E-state index in [2.05, 4.69) is 5.32 Å². The molecule has 23 heavy (non-hydrogen) atoms. The molecule has 0 aromatic heterocycles. The molecule has 2 saturated carbocycles. The average molecular weight is 356 g/mol. The minimum absolute atomic E-state index is 0.274. The van der Waals surface area contributed by atoms with Crippen LogP contribution in [-0.2, 0) is 14.3 Å². The number of carbonyl (C=O) groups is 2. The zero-order valence-electron chi connectivity index (χ0n) is 12.7. The zero-order valence-corrected chi connectivity index (χ0v) is 14.2. The first-order valence-corrected chi connectivity index (χ1v) is 8.68. The summed E-state index contributed by atoms with van der Waals surface area (Å²) in [6.45, 7) is -0.303. The molecule has 1 N–H and O–H groups in total. The predicted molar refractivity (Wildman–Crippen MR) is 89.6 cm³/mol. The topological polar surface area (TPSA) is 55.4 Å². The van der Waals surface area contributed by atoms with Gasteiger partial charge in [-0.15, -0.1) is 0 Å². The molecule has 0 saturated heterocycles. The molecule has 0 unspecified atom stereocenters. The molecule has 6 heteroatoms. The van der Waals surface area contributed by atoms with Crippen LogP contribution in [0.5, 0.6) is 0 Å². The summed E-state index contributed by atoms with van der Waals surface area (Å²) in [5.74, 6) is 1.19. The van der Waals surface area contributed by atoms with Crippen LogP contribution in [0.3, 0.4) is 0 Å². The minimum atomic E-state index is -0.421. The smallest absolute Gasteiger partial charge is 0.306 e. The lowest BCUT2D eigenvalue weighted by atomic mass is 9.86. The first-order valence-electron chi connectivity index (χ1n) is 7.92. The first kappa shape index (κ1) is 16.6. The molecule has 3 atom stereocenters. The van der Waals surface area contributed by atoms with Gasteiger partial charge in [-0.25, -0.2) is 0 Å². The van der Waals surface area contributed by atoms with Gasteiger partial charge in [-0.3, -0.25) is 9.59 Å². The van der Waals surface area contributed by atoms with Crippen LogP contribution >= 0.6 is 23.2 Å². The maximum atomic E-state index is 11.9. The van der Waals surface area contributed by atoms with Gasteiger partial charge in [0, 0.05) is 6.42 Å². The lowest BCUT2D eigenvalue weighted by Gasteiger charge is -2.20. The molecule has 3 rings (SSSR count). The van der Waals surface area contributed by atoms with Crippen molar-refractivity contribution in [2.75, 3.05) is 11.9 Å². The summed E-state index contributed by atoms with van der Waals surface area (Å²) in [5.41, 5.74) is 0.410. The van der Waals surface area contributed by atoms with Gasteiger partial charge >= 0.3 is 5.97 Å². The largest absolute Gasteiger partial charge is 0.456 e. The van der Waals surface area contributed by atoms with E-state index < -0.39 is 5.91 Å². The van der Waals surface area contributed by atoms with E-state index in [9.17, 15) is 9.59 Å². The van der Waals surface area contributed by atoms with Crippen LogP contribution in [0, 0.1) is 17.8 Å². The number of hydrogen-bond donors (Lipinski definition) is 1. The molecule has 0 aliphatic heterocycles. The Kier molecular flexibility index (Phi) is 5.12. The van der Waals surface area contributed by atoms with Gasteiger partial charge in [-0.2, -0.15) is 0 Å². The number of ether oxygens (including phenoxy) is 1. The third-order valence-corrected chi connectivity index (χ3v) is 5.72. The highest BCUT2D eigenvalue weighted by molar-refractivity contribution is 6.43. The number of benzene rings is 1. The van der Waals surface area contributed by atoms with Crippen LogP contribution in [0.15, 0.2) is 18.2 Å². The van der Waals surface area contributed by atoms with Gasteiger partial charge in [0.1, 0.15) is 0 Å². The molecule has 1 amide bonds. The summed E-state index contributed by atoms with van der Waals surface area (Å²) < 4.78 is 5.09. The van der Waals surface area contributed by atoms with Crippen molar-refractivity contribution in [3.05, 3.63) is 28.2 Å². The number of carbonyl (C=O) groups excluding carboxylic acids is 2. The second-order valence-corrected chi connectivity index (χ2v) is 7.23. The Hall–Kier alpha value is -1.26. The molecule has 0 heterocycles. The van der Waals surface area contributed by atoms with Crippen LogP contribution in [0.25, 0.3) is 0 Å². The van der Waals surface area contributed by atoms with Crippen LogP contribution in [-0.4, -0.2) is 18.5 Å². The molecule has 1 aromatic rings. The fourth-order valence-corrected chi connectivity index (χ4v) is 4.18. The molecular formula is C17H19Cl2NO3. The molecular weight excluding hydrogens is 337 g/mol. The van der Waals surface area contributed by atoms with Gasteiger partial charge in [-0.1, -0.05) is 35.7 Å². The van der Waals surface area contributed by atoms with Crippen molar-refractivity contribution >= 4 is 40.8 Å². The summed E-state index contributed by atoms with van der Waals surface area (Å²) in [4.78, 5) is 23.8. The Morgan fingerprint density at radius 1 is 1.22 bits per heavy atom.